The molecule has 660 valence electrons. The second-order valence-electron chi connectivity index (χ2n) is 30.4. The van der Waals surface area contributed by atoms with Gasteiger partial charge >= 0.3 is 0 Å². The van der Waals surface area contributed by atoms with Crippen LogP contribution in [0.3, 0.4) is 0 Å². The summed E-state index contributed by atoms with van der Waals surface area (Å²) in [4.78, 5) is 176. The standard InChI is InChI=1S/C49H70IN11O8.C37H48IN9O6/c1-31(52)54-24-10-15-38-47(67)60-39(28-32-18-20-34-12-5-6-13-35(34)26-32)46(66)57-30-44(64)58-40(29-33-19-21-42(62)36(50)27-33)49(69)61(2)41(48(68)59-38)16-11-25-55-43(63)17-4-3-9-23-56-45(65)37(53)14-7-8-22-51;1-41-37(40)42-16-6-9-27-34(51)46-28(19-22-11-13-24-7-3-4-8-25(24)17-22)33(50)43-21-32(49)44-29(20-23-12-14-31(48)26(38)18-23)36(53)47(2)30(10-5-15-39)35(52)45-27/h5-6,12-13,18-21,26-27,37-41,62H,3-4,7-11,14-17,22-25,28-30,51,53H2,1-2H3,(H2,52,54)(H,55,63)(H,56,65)(H,57,66)(H,58,64)(H,59,68)(H,60,67);3-4,7-8,11-14,17-18,27-30,48H,5-6,9-10,15-16,19-21,39H2,1-2H3,(H,43,50)(H,44,49)(H,45,52)(H,46,51)(H3,40,41,42)/t37?,38-,39-,40+,41+;27-,28-,29+,30+/m00/s1. The maximum Gasteiger partial charge on any atom is 0.245 e. The topological polar surface area (TPSA) is 539 Å². The molecule has 2 saturated heterocycles. The summed E-state index contributed by atoms with van der Waals surface area (Å²) < 4.78 is 1.07. The van der Waals surface area contributed by atoms with Crippen LogP contribution < -0.4 is 87.2 Å². The van der Waals surface area contributed by atoms with Gasteiger partial charge in [-0.1, -0.05) is 110 Å². The van der Waals surface area contributed by atoms with Crippen molar-refractivity contribution in [2.24, 2.45) is 38.7 Å². The fraction of sp³-hybridized carbons (Fsp3) is 0.465. The predicted molar refractivity (Wildman–Crippen MR) is 484 cm³/mol. The molecule has 1 unspecified atom stereocenters. The molecule has 2 heterocycles. The smallest absolute Gasteiger partial charge is 0.245 e. The lowest BCUT2D eigenvalue weighted by atomic mass is 10.00. The van der Waals surface area contributed by atoms with Gasteiger partial charge in [-0.2, -0.15) is 0 Å². The largest absolute Gasteiger partial charge is 0.507 e. The molecule has 0 saturated carbocycles. The van der Waals surface area contributed by atoms with Crippen LogP contribution >= 0.6 is 45.2 Å². The lowest BCUT2D eigenvalue weighted by Gasteiger charge is -2.32. The Morgan fingerprint density at radius 1 is 0.475 bits per heavy atom. The average molecular weight is 1910 g/mol. The molecule has 0 bridgehead atoms. The van der Waals surface area contributed by atoms with Crippen LogP contribution in [0.2, 0.25) is 0 Å². The van der Waals surface area contributed by atoms with E-state index >= 15 is 0 Å². The average Bonchev–Trinajstić information content (AvgIpc) is 1.28. The summed E-state index contributed by atoms with van der Waals surface area (Å²) in [5.41, 5.74) is 31.6. The van der Waals surface area contributed by atoms with E-state index in [9.17, 15) is 67.7 Å². The molecule has 0 radical (unpaired) electrons. The van der Waals surface area contributed by atoms with Gasteiger partial charge in [-0.3, -0.25) is 67.5 Å². The summed E-state index contributed by atoms with van der Waals surface area (Å²) in [5.74, 6) is -6.03. The first-order chi connectivity index (χ1) is 58.4. The number of halogens is 2. The molecule has 12 amide bonds. The molecular weight excluding hydrogens is 1790 g/mol. The molecule has 6 aromatic rings. The summed E-state index contributed by atoms with van der Waals surface area (Å²) >= 11 is 3.92. The van der Waals surface area contributed by atoms with Gasteiger partial charge in [0.2, 0.25) is 70.9 Å². The van der Waals surface area contributed by atoms with Crippen LogP contribution in [0.4, 0.5) is 0 Å². The number of amides is 12. The Balaban J connectivity index is 0.000000347. The van der Waals surface area contributed by atoms with E-state index in [1.807, 2.05) is 130 Å². The van der Waals surface area contributed by atoms with E-state index in [-0.39, 0.29) is 113 Å². The van der Waals surface area contributed by atoms with Crippen molar-refractivity contribution >= 4 is 149 Å². The summed E-state index contributed by atoms with van der Waals surface area (Å²) in [6.45, 7) is 2.68. The number of phenolic OH excluding ortho intramolecular Hbond substituents is 2. The van der Waals surface area contributed by atoms with Gasteiger partial charge in [0.1, 0.15) is 59.8 Å². The number of likely N-dealkylation sites (N-methyl/N-ethyl adjacent to an activating group) is 2. The zero-order valence-electron chi connectivity index (χ0n) is 69.6. The summed E-state index contributed by atoms with van der Waals surface area (Å²) in [7, 11) is 4.44. The number of fused-ring (bicyclic) bond motifs is 2. The number of carbonyl (C=O) groups is 12. The van der Waals surface area contributed by atoms with Gasteiger partial charge in [0.05, 0.1) is 32.1 Å². The quantitative estimate of drug-likeness (QED) is 0.0119. The third-order valence-corrected chi connectivity index (χ3v) is 22.6. The van der Waals surface area contributed by atoms with Crippen molar-refractivity contribution in [2.45, 2.75) is 183 Å². The second-order valence-corrected chi connectivity index (χ2v) is 32.7. The van der Waals surface area contributed by atoms with Crippen molar-refractivity contribution in [1.82, 2.24) is 68.3 Å². The van der Waals surface area contributed by atoms with Crippen LogP contribution in [0.1, 0.15) is 125 Å². The number of hydrogen-bond acceptors (Lipinski definition) is 19. The third kappa shape index (κ3) is 32.5. The highest BCUT2D eigenvalue weighted by Crippen LogP contribution is 2.26. The molecular formula is C86H118I2N20O14. The number of amidine groups is 1. The van der Waals surface area contributed by atoms with E-state index in [1.54, 1.807) is 31.2 Å². The molecule has 0 aliphatic carbocycles. The normalized spacial score (nSPS) is 19.9. The van der Waals surface area contributed by atoms with Crippen molar-refractivity contribution < 1.29 is 67.7 Å². The molecule has 0 aromatic heterocycles. The van der Waals surface area contributed by atoms with E-state index in [0.717, 1.165) is 45.5 Å². The molecule has 0 spiro atoms. The van der Waals surface area contributed by atoms with Crippen molar-refractivity contribution in [3.8, 4) is 11.5 Å². The molecule has 8 rings (SSSR count). The lowest BCUT2D eigenvalue weighted by molar-refractivity contribution is -0.142. The molecule has 2 fully saturated rings. The molecule has 34 nitrogen and oxygen atoms in total. The number of guanidine groups is 1. The monoisotopic (exact) mass is 1910 g/mol. The van der Waals surface area contributed by atoms with Crippen molar-refractivity contribution in [2.75, 3.05) is 73.5 Å². The van der Waals surface area contributed by atoms with Gasteiger partial charge in [-0.15, -0.1) is 0 Å². The molecule has 2 aliphatic rings. The molecule has 6 aromatic carbocycles. The van der Waals surface area contributed by atoms with Crippen LogP contribution in [-0.4, -0.2) is 231 Å². The fourth-order valence-electron chi connectivity index (χ4n) is 14.0. The molecule has 9 atom stereocenters. The first-order valence-corrected chi connectivity index (χ1v) is 43.3. The second kappa shape index (κ2) is 51.2. The van der Waals surface area contributed by atoms with Gasteiger partial charge in [0.15, 0.2) is 5.96 Å². The maximum absolute atomic E-state index is 14.5. The molecule has 122 heavy (non-hydrogen) atoms. The van der Waals surface area contributed by atoms with Crippen LogP contribution in [0.15, 0.2) is 131 Å². The third-order valence-electron chi connectivity index (χ3n) is 20.9. The number of nitrogens with zero attached hydrogens (tertiary/aromatic N) is 4. The van der Waals surface area contributed by atoms with E-state index in [4.69, 9.17) is 28.7 Å². The SMILES string of the molecule is CC(N)=NCCC[C@@H]1NC(=O)[C@@H](CCCNC(=O)CCCCCNC(=O)C(N)CCCCN)N(C)C(=O)[C@@H](Cc2ccc(O)c(I)c2)NC(=O)CNC(=O)[C@H](Cc2ccc3ccccc3c2)NC1=O.CN=C(N)NCCC[C@@H]1NC(=O)[C@@H](CCCN)N(C)C(=O)[C@@H](Cc2ccc(O)c(I)c2)NC(=O)CNC(=O)[C@H](Cc2ccc3ccccc3c2)NC1=O. The number of aliphatic imine (C=N–C) groups is 2. The van der Waals surface area contributed by atoms with Crippen LogP contribution in [0, 0.1) is 7.14 Å². The minimum Gasteiger partial charge on any atom is -0.507 e. The lowest BCUT2D eigenvalue weighted by Crippen LogP contribution is -2.58. The Morgan fingerprint density at radius 3 is 1.38 bits per heavy atom. The van der Waals surface area contributed by atoms with Gasteiger partial charge in [0.25, 0.3) is 0 Å². The van der Waals surface area contributed by atoms with Gasteiger partial charge in [0, 0.05) is 79.4 Å². The number of benzene rings is 6. The van der Waals surface area contributed by atoms with E-state index in [1.165, 1.54) is 43.1 Å². The van der Waals surface area contributed by atoms with E-state index < -0.39 is 127 Å². The van der Waals surface area contributed by atoms with Crippen LogP contribution in [0.5, 0.6) is 11.5 Å². The van der Waals surface area contributed by atoms with Crippen molar-refractivity contribution in [3.05, 3.63) is 151 Å². The number of hydrogen-bond donors (Lipinski definition) is 18. The molecule has 23 N–H and O–H groups in total. The summed E-state index contributed by atoms with van der Waals surface area (Å²) in [6, 6.07) is 26.8. The predicted octanol–water partition coefficient (Wildman–Crippen LogP) is 1.93. The Bertz CT molecular complexity index is 4650. The highest BCUT2D eigenvalue weighted by Gasteiger charge is 2.39. The molecule has 2 aliphatic heterocycles. The highest BCUT2D eigenvalue weighted by atomic mass is 127. The summed E-state index contributed by atoms with van der Waals surface area (Å²) in [6.07, 6.45) is 6.45. The Kier molecular flexibility index (Phi) is 41.2. The maximum atomic E-state index is 14.5. The Morgan fingerprint density at radius 2 is 0.902 bits per heavy atom. The zero-order valence-corrected chi connectivity index (χ0v) is 73.9. The number of rotatable bonds is 34. The number of aromatic hydroxyl groups is 2. The minimum absolute atomic E-state index is 0.0208. The van der Waals surface area contributed by atoms with Gasteiger partial charge < -0.3 is 107 Å². The van der Waals surface area contributed by atoms with Crippen molar-refractivity contribution in [3.63, 3.8) is 0 Å². The Labute approximate surface area is 738 Å². The highest BCUT2D eigenvalue weighted by molar-refractivity contribution is 14.1. The van der Waals surface area contributed by atoms with Gasteiger partial charge in [-0.05, 0) is 210 Å². The van der Waals surface area contributed by atoms with E-state index in [2.05, 4.69) is 68.5 Å². The van der Waals surface area contributed by atoms with E-state index in [0.29, 0.717) is 88.7 Å². The number of phenols is 2. The first-order valence-electron chi connectivity index (χ1n) is 41.2. The van der Waals surface area contributed by atoms with Crippen LogP contribution in [0.25, 0.3) is 21.5 Å². The number of nitrogens with two attached hydrogens (primary N) is 5. The Hall–Kier alpha value is -10.8. The first kappa shape index (κ1) is 98.3. The number of carbonyl (C=O) groups excluding carboxylic acids is 12. The minimum atomic E-state index is -1.22. The van der Waals surface area contributed by atoms with Crippen LogP contribution in [-0.2, 0) is 83.2 Å². The van der Waals surface area contributed by atoms with Crippen molar-refractivity contribution in [1.29, 1.82) is 0 Å². The van der Waals surface area contributed by atoms with Gasteiger partial charge in [-0.25, -0.2) is 0 Å². The fourth-order valence-corrected chi connectivity index (χ4v) is 15.1. The molecule has 36 heteroatoms. The number of nitrogens with one attached hydrogen (secondary N) is 11. The summed E-state index contributed by atoms with van der Waals surface area (Å²) in [5, 5.41) is 54.9. The zero-order chi connectivity index (χ0) is 88.8. The number of unbranched alkanes of at least 4 members (excludes halogenated alkanes) is 3.